The third-order valence-electron chi connectivity index (χ3n) is 4.05. The molecule has 0 saturated carbocycles. The number of nitrogens with zero attached hydrogens (tertiary/aromatic N) is 4. The molecule has 3 aromatic rings. The molecule has 0 radical (unpaired) electrons. The number of nitrogens with two attached hydrogens (primary N) is 1. The van der Waals surface area contributed by atoms with E-state index in [-0.39, 0.29) is 18.1 Å². The van der Waals surface area contributed by atoms with Crippen molar-refractivity contribution in [1.82, 2.24) is 25.1 Å². The van der Waals surface area contributed by atoms with Gasteiger partial charge in [-0.3, -0.25) is 14.5 Å². The van der Waals surface area contributed by atoms with Crippen LogP contribution in [0.4, 0.5) is 5.69 Å². The van der Waals surface area contributed by atoms with Crippen molar-refractivity contribution in [2.24, 2.45) is 7.05 Å². The van der Waals surface area contributed by atoms with Gasteiger partial charge >= 0.3 is 0 Å². The number of aliphatic hydroxyl groups excluding tert-OH is 1. The van der Waals surface area contributed by atoms with Gasteiger partial charge in [-0.1, -0.05) is 0 Å². The number of aliphatic hydroxyl groups is 1. The van der Waals surface area contributed by atoms with Crippen LogP contribution in [-0.2, 0) is 7.05 Å². The minimum absolute atomic E-state index is 0.129. The number of anilines is 1. The van der Waals surface area contributed by atoms with Crippen molar-refractivity contribution in [3.05, 3.63) is 48.0 Å². The Morgan fingerprint density at radius 3 is 2.70 bits per heavy atom. The highest BCUT2D eigenvalue weighted by Crippen LogP contribution is 2.30. The van der Waals surface area contributed by atoms with E-state index in [2.05, 4.69) is 20.4 Å². The van der Waals surface area contributed by atoms with Crippen LogP contribution in [0, 0.1) is 6.92 Å². The molecule has 0 saturated heterocycles. The molecule has 0 fully saturated rings. The Labute approximate surface area is 157 Å². The summed E-state index contributed by atoms with van der Waals surface area (Å²) in [6.45, 7) is 3.63. The number of carbonyl (C=O) groups is 1. The number of pyridine rings is 2. The van der Waals surface area contributed by atoms with Crippen LogP contribution in [0.1, 0.15) is 23.0 Å². The van der Waals surface area contributed by atoms with E-state index in [4.69, 9.17) is 5.73 Å². The SMILES string of the molecule is Cc1ccc(-c2cc(C(=O)NC[C@H](C)O)c(N)c(-c3cnn(C)c3)n2)cn1. The van der Waals surface area contributed by atoms with E-state index >= 15 is 0 Å². The fourth-order valence-electron chi connectivity index (χ4n) is 2.61. The molecule has 8 nitrogen and oxygen atoms in total. The molecule has 0 bridgehead atoms. The van der Waals surface area contributed by atoms with Gasteiger partial charge in [0.05, 0.1) is 34.9 Å². The number of nitrogens with one attached hydrogen (secondary N) is 1. The van der Waals surface area contributed by atoms with Gasteiger partial charge in [0.1, 0.15) is 0 Å². The average Bonchev–Trinajstić information content (AvgIpc) is 3.06. The first-order valence-electron chi connectivity index (χ1n) is 8.54. The van der Waals surface area contributed by atoms with Gasteiger partial charge in [0.2, 0.25) is 0 Å². The Bertz CT molecular complexity index is 963. The molecule has 8 heteroatoms. The lowest BCUT2D eigenvalue weighted by molar-refractivity contribution is 0.0925. The zero-order valence-electron chi connectivity index (χ0n) is 15.5. The first-order valence-corrected chi connectivity index (χ1v) is 8.54. The molecule has 0 aliphatic heterocycles. The van der Waals surface area contributed by atoms with Crippen molar-refractivity contribution in [1.29, 1.82) is 0 Å². The number of rotatable bonds is 5. The predicted octanol–water partition coefficient (Wildman–Crippen LogP) is 1.55. The van der Waals surface area contributed by atoms with Gasteiger partial charge in [-0.05, 0) is 32.0 Å². The summed E-state index contributed by atoms with van der Waals surface area (Å²) in [4.78, 5) is 21.6. The Morgan fingerprint density at radius 2 is 2.11 bits per heavy atom. The van der Waals surface area contributed by atoms with Gasteiger partial charge in [-0.25, -0.2) is 4.98 Å². The van der Waals surface area contributed by atoms with E-state index in [1.54, 1.807) is 43.3 Å². The number of aryl methyl sites for hydroxylation is 2. The number of aromatic nitrogens is 4. The van der Waals surface area contributed by atoms with Gasteiger partial charge in [0.15, 0.2) is 0 Å². The van der Waals surface area contributed by atoms with E-state index in [1.165, 1.54) is 0 Å². The summed E-state index contributed by atoms with van der Waals surface area (Å²) in [5.74, 6) is -0.373. The van der Waals surface area contributed by atoms with Crippen molar-refractivity contribution < 1.29 is 9.90 Å². The summed E-state index contributed by atoms with van der Waals surface area (Å²) in [6, 6.07) is 5.41. The lowest BCUT2D eigenvalue weighted by Crippen LogP contribution is -2.31. The topological polar surface area (TPSA) is 119 Å². The largest absolute Gasteiger partial charge is 0.396 e. The lowest BCUT2D eigenvalue weighted by Gasteiger charge is -2.13. The van der Waals surface area contributed by atoms with E-state index in [9.17, 15) is 9.90 Å². The highest BCUT2D eigenvalue weighted by Gasteiger charge is 2.19. The maximum absolute atomic E-state index is 12.6. The molecule has 4 N–H and O–H groups in total. The lowest BCUT2D eigenvalue weighted by atomic mass is 10.0. The minimum atomic E-state index is -0.657. The molecule has 3 heterocycles. The smallest absolute Gasteiger partial charge is 0.253 e. The molecule has 0 aromatic carbocycles. The summed E-state index contributed by atoms with van der Waals surface area (Å²) in [5, 5.41) is 16.3. The summed E-state index contributed by atoms with van der Waals surface area (Å²) in [7, 11) is 1.80. The highest BCUT2D eigenvalue weighted by atomic mass is 16.3. The van der Waals surface area contributed by atoms with Crippen LogP contribution in [0.15, 0.2) is 36.8 Å². The van der Waals surface area contributed by atoms with Gasteiger partial charge in [-0.2, -0.15) is 5.10 Å². The maximum Gasteiger partial charge on any atom is 0.253 e. The Hall–Kier alpha value is -3.26. The van der Waals surface area contributed by atoms with Crippen molar-refractivity contribution in [2.75, 3.05) is 12.3 Å². The van der Waals surface area contributed by atoms with E-state index in [0.717, 1.165) is 11.3 Å². The second-order valence-corrected chi connectivity index (χ2v) is 6.47. The Morgan fingerprint density at radius 1 is 1.33 bits per heavy atom. The van der Waals surface area contributed by atoms with Gasteiger partial charge in [-0.15, -0.1) is 0 Å². The van der Waals surface area contributed by atoms with Crippen molar-refractivity contribution in [3.63, 3.8) is 0 Å². The van der Waals surface area contributed by atoms with Gasteiger partial charge in [0, 0.05) is 42.8 Å². The number of amides is 1. The number of hydrogen-bond donors (Lipinski definition) is 3. The first kappa shape index (κ1) is 18.5. The van der Waals surface area contributed by atoms with Crippen LogP contribution in [-0.4, -0.2) is 43.4 Å². The normalized spacial score (nSPS) is 12.0. The molecule has 27 heavy (non-hydrogen) atoms. The van der Waals surface area contributed by atoms with Crippen LogP contribution in [0.2, 0.25) is 0 Å². The second kappa shape index (κ2) is 7.55. The van der Waals surface area contributed by atoms with Gasteiger partial charge < -0.3 is 16.2 Å². The van der Waals surface area contributed by atoms with E-state index < -0.39 is 6.10 Å². The first-order chi connectivity index (χ1) is 12.8. The number of hydrogen-bond acceptors (Lipinski definition) is 6. The summed E-state index contributed by atoms with van der Waals surface area (Å²) < 4.78 is 1.64. The standard InChI is InChI=1S/C19H22N6O2/c1-11-4-5-13(8-21-11)16-6-15(19(27)22-7-12(2)26)17(20)18(24-16)14-9-23-25(3)10-14/h4-6,8-10,12,26H,7,20H2,1-3H3,(H,22,27)/t12-/m0/s1. The van der Waals surface area contributed by atoms with Crippen molar-refractivity contribution in [3.8, 4) is 22.5 Å². The fraction of sp³-hybridized carbons (Fsp3) is 0.263. The maximum atomic E-state index is 12.6. The predicted molar refractivity (Wildman–Crippen MR) is 103 cm³/mol. The summed E-state index contributed by atoms with van der Waals surface area (Å²) >= 11 is 0. The quantitative estimate of drug-likeness (QED) is 0.630. The second-order valence-electron chi connectivity index (χ2n) is 6.47. The molecule has 0 aliphatic carbocycles. The molecule has 0 aliphatic rings. The molecule has 0 unspecified atom stereocenters. The molecule has 140 valence electrons. The average molecular weight is 366 g/mol. The van der Waals surface area contributed by atoms with E-state index in [0.29, 0.717) is 22.5 Å². The third kappa shape index (κ3) is 4.12. The number of nitrogen functional groups attached to an aromatic ring is 1. The molecule has 3 rings (SSSR count). The monoisotopic (exact) mass is 366 g/mol. The Balaban J connectivity index is 2.12. The third-order valence-corrected chi connectivity index (χ3v) is 4.05. The van der Waals surface area contributed by atoms with Crippen LogP contribution < -0.4 is 11.1 Å². The van der Waals surface area contributed by atoms with Crippen LogP contribution in [0.25, 0.3) is 22.5 Å². The molecule has 1 amide bonds. The van der Waals surface area contributed by atoms with Crippen molar-refractivity contribution in [2.45, 2.75) is 20.0 Å². The zero-order valence-corrected chi connectivity index (χ0v) is 15.5. The highest BCUT2D eigenvalue weighted by molar-refractivity contribution is 6.03. The Kier molecular flexibility index (Phi) is 5.18. The van der Waals surface area contributed by atoms with Crippen LogP contribution in [0.5, 0.6) is 0 Å². The van der Waals surface area contributed by atoms with Crippen molar-refractivity contribution >= 4 is 11.6 Å². The van der Waals surface area contributed by atoms with E-state index in [1.807, 2.05) is 19.1 Å². The summed E-state index contributed by atoms with van der Waals surface area (Å²) in [6.07, 6.45) is 4.48. The van der Waals surface area contributed by atoms with Crippen LogP contribution >= 0.6 is 0 Å². The fourth-order valence-corrected chi connectivity index (χ4v) is 2.61. The molecular formula is C19H22N6O2. The zero-order chi connectivity index (χ0) is 19.6. The summed E-state index contributed by atoms with van der Waals surface area (Å²) in [5.41, 5.74) is 10.2. The minimum Gasteiger partial charge on any atom is -0.396 e. The molecule has 0 spiro atoms. The van der Waals surface area contributed by atoms with Crippen LogP contribution in [0.3, 0.4) is 0 Å². The van der Waals surface area contributed by atoms with Gasteiger partial charge in [0.25, 0.3) is 5.91 Å². The molecular weight excluding hydrogens is 344 g/mol. The molecule has 1 atom stereocenters. The number of carbonyl (C=O) groups excluding carboxylic acids is 1. The molecule has 3 aromatic heterocycles.